The molecule has 35 heavy (non-hydrogen) atoms. The maximum atomic E-state index is 13.3. The number of hydrogen-bond donors (Lipinski definition) is 1. The van der Waals surface area contributed by atoms with Crippen LogP contribution in [0.4, 0.5) is 11.5 Å². The van der Waals surface area contributed by atoms with Crippen LogP contribution in [-0.4, -0.2) is 39.6 Å². The Balaban J connectivity index is 1.31. The smallest absolute Gasteiger partial charge is 0.258 e. The Morgan fingerprint density at radius 1 is 1.00 bits per heavy atom. The van der Waals surface area contributed by atoms with Gasteiger partial charge in [0.25, 0.3) is 5.56 Å². The second kappa shape index (κ2) is 8.91. The van der Waals surface area contributed by atoms with E-state index in [4.69, 9.17) is 0 Å². The highest BCUT2D eigenvalue weighted by atomic mass is 32.1. The van der Waals surface area contributed by atoms with Crippen molar-refractivity contribution in [2.75, 3.05) is 25.5 Å². The van der Waals surface area contributed by atoms with Gasteiger partial charge in [0.05, 0.1) is 21.2 Å². The largest absolute Gasteiger partial charge is 0.340 e. The van der Waals surface area contributed by atoms with Crippen molar-refractivity contribution in [3.63, 3.8) is 0 Å². The van der Waals surface area contributed by atoms with Crippen LogP contribution in [0.1, 0.15) is 24.3 Å². The number of rotatable bonds is 4. The lowest BCUT2D eigenvalue weighted by atomic mass is 9.89. The number of nitrogens with one attached hydrogen (secondary N) is 1. The van der Waals surface area contributed by atoms with Gasteiger partial charge in [0.1, 0.15) is 5.82 Å². The second-order valence-electron chi connectivity index (χ2n) is 9.41. The highest BCUT2D eigenvalue weighted by Crippen LogP contribution is 2.30. The van der Waals surface area contributed by atoms with Gasteiger partial charge in [0.15, 0.2) is 0 Å². The number of fused-ring (bicyclic) bond motifs is 2. The third-order valence-electron chi connectivity index (χ3n) is 7.10. The lowest BCUT2D eigenvalue weighted by Gasteiger charge is -2.29. The van der Waals surface area contributed by atoms with Crippen LogP contribution >= 0.6 is 11.3 Å². The lowest BCUT2D eigenvalue weighted by Crippen LogP contribution is -2.29. The summed E-state index contributed by atoms with van der Waals surface area (Å²) in [5.41, 5.74) is 7.47. The van der Waals surface area contributed by atoms with Gasteiger partial charge >= 0.3 is 0 Å². The molecule has 0 atom stereocenters. The Labute approximate surface area is 207 Å². The summed E-state index contributed by atoms with van der Waals surface area (Å²) in [6.45, 7) is 2.28. The summed E-state index contributed by atoms with van der Waals surface area (Å²) in [6, 6.07) is 18.5. The monoisotopic (exact) mass is 481 g/mol. The maximum absolute atomic E-state index is 13.3. The number of anilines is 2. The van der Waals surface area contributed by atoms with Crippen LogP contribution < -0.4 is 10.9 Å². The predicted molar refractivity (Wildman–Crippen MR) is 145 cm³/mol. The zero-order valence-corrected chi connectivity index (χ0v) is 20.7. The Kier molecular flexibility index (Phi) is 5.59. The highest BCUT2D eigenvalue weighted by molar-refractivity contribution is 7.16. The molecule has 176 valence electrons. The Morgan fingerprint density at radius 3 is 2.71 bits per heavy atom. The van der Waals surface area contributed by atoms with Crippen LogP contribution in [0.25, 0.3) is 32.2 Å². The minimum Gasteiger partial charge on any atom is -0.340 e. The number of thiazole rings is 1. The van der Waals surface area contributed by atoms with E-state index in [1.807, 2.05) is 49.1 Å². The molecule has 0 bridgehead atoms. The van der Waals surface area contributed by atoms with Crippen LogP contribution in [0.3, 0.4) is 0 Å². The molecular weight excluding hydrogens is 454 g/mol. The number of nitrogens with zero attached hydrogens (tertiary/aromatic N) is 4. The average Bonchev–Trinajstić information content (AvgIpc) is 3.35. The van der Waals surface area contributed by atoms with Crippen molar-refractivity contribution in [3.8, 4) is 11.1 Å². The quantitative estimate of drug-likeness (QED) is 0.353. The van der Waals surface area contributed by atoms with E-state index < -0.39 is 0 Å². The third-order valence-corrected chi connectivity index (χ3v) is 7.91. The van der Waals surface area contributed by atoms with Gasteiger partial charge in [-0.25, -0.2) is 9.97 Å². The molecule has 1 N–H and O–H groups in total. The first-order valence-corrected chi connectivity index (χ1v) is 12.8. The van der Waals surface area contributed by atoms with E-state index >= 15 is 0 Å². The molecule has 0 radical (unpaired) electrons. The molecule has 0 spiro atoms. The number of benzene rings is 2. The SMILES string of the molecule is CN1CCC(c2cccc(Nc3cc4c(cn3)cc(-c3ccc5scnc5c3)c(=O)n4C)c2)CC1. The molecule has 1 saturated heterocycles. The molecule has 1 aliphatic rings. The first-order valence-electron chi connectivity index (χ1n) is 11.9. The van der Waals surface area contributed by atoms with E-state index in [2.05, 4.69) is 51.5 Å². The highest BCUT2D eigenvalue weighted by Gasteiger charge is 2.18. The van der Waals surface area contributed by atoms with Crippen molar-refractivity contribution in [2.24, 2.45) is 7.05 Å². The number of likely N-dealkylation sites (tertiary alicyclic amines) is 1. The van der Waals surface area contributed by atoms with Crippen molar-refractivity contribution in [2.45, 2.75) is 18.8 Å². The summed E-state index contributed by atoms with van der Waals surface area (Å²) in [5.74, 6) is 1.32. The topological polar surface area (TPSA) is 63.0 Å². The van der Waals surface area contributed by atoms with Gasteiger partial charge in [-0.3, -0.25) is 4.79 Å². The number of pyridine rings is 2. The van der Waals surface area contributed by atoms with Gasteiger partial charge in [-0.05, 0) is 80.4 Å². The normalized spacial score (nSPS) is 15.1. The molecule has 1 fully saturated rings. The molecule has 6 rings (SSSR count). The predicted octanol–water partition coefficient (Wildman–Crippen LogP) is 5.76. The molecule has 3 aromatic heterocycles. The number of piperidine rings is 1. The first-order chi connectivity index (χ1) is 17.0. The van der Waals surface area contributed by atoms with E-state index in [1.54, 1.807) is 15.9 Å². The standard InChI is InChI=1S/C28H27N5OS/c1-32-10-8-18(9-11-32)19-4-3-5-22(12-19)31-27-15-25-21(16-29-27)13-23(28(34)33(25)2)20-6-7-26-24(14-20)30-17-35-26/h3-7,12-18H,8-11H2,1-2H3,(H,29,31). The second-order valence-corrected chi connectivity index (χ2v) is 10.3. The lowest BCUT2D eigenvalue weighted by molar-refractivity contribution is 0.255. The van der Waals surface area contributed by atoms with Gasteiger partial charge < -0.3 is 14.8 Å². The van der Waals surface area contributed by atoms with Gasteiger partial charge in [0, 0.05) is 35.9 Å². The van der Waals surface area contributed by atoms with Crippen molar-refractivity contribution in [1.29, 1.82) is 0 Å². The van der Waals surface area contributed by atoms with E-state index in [-0.39, 0.29) is 5.56 Å². The minimum absolute atomic E-state index is 0.0338. The van der Waals surface area contributed by atoms with Crippen molar-refractivity contribution in [1.82, 2.24) is 19.4 Å². The fourth-order valence-electron chi connectivity index (χ4n) is 5.03. The summed E-state index contributed by atoms with van der Waals surface area (Å²) < 4.78 is 2.82. The maximum Gasteiger partial charge on any atom is 0.258 e. The zero-order valence-electron chi connectivity index (χ0n) is 19.9. The van der Waals surface area contributed by atoms with Crippen LogP contribution in [0.2, 0.25) is 0 Å². The van der Waals surface area contributed by atoms with E-state index in [0.29, 0.717) is 11.5 Å². The summed E-state index contributed by atoms with van der Waals surface area (Å²) in [6.07, 6.45) is 4.21. The van der Waals surface area contributed by atoms with Crippen LogP contribution in [0, 0.1) is 0 Å². The van der Waals surface area contributed by atoms with Gasteiger partial charge in [-0.1, -0.05) is 18.2 Å². The fourth-order valence-corrected chi connectivity index (χ4v) is 5.68. The molecule has 7 heteroatoms. The van der Waals surface area contributed by atoms with Gasteiger partial charge in [-0.2, -0.15) is 0 Å². The molecule has 0 aliphatic carbocycles. The summed E-state index contributed by atoms with van der Waals surface area (Å²) in [4.78, 5) is 24.7. The molecular formula is C28H27N5OS. The van der Waals surface area contributed by atoms with Crippen LogP contribution in [0.5, 0.6) is 0 Å². The van der Waals surface area contributed by atoms with Gasteiger partial charge in [-0.15, -0.1) is 11.3 Å². The van der Waals surface area contributed by atoms with E-state index in [9.17, 15) is 4.79 Å². The summed E-state index contributed by atoms with van der Waals surface area (Å²) in [7, 11) is 4.01. The van der Waals surface area contributed by atoms with E-state index in [1.165, 1.54) is 18.4 Å². The van der Waals surface area contributed by atoms with Gasteiger partial charge in [0.2, 0.25) is 0 Å². The molecule has 0 amide bonds. The fraction of sp³-hybridized carbons (Fsp3) is 0.250. The Morgan fingerprint density at radius 2 is 1.86 bits per heavy atom. The minimum atomic E-state index is -0.0338. The van der Waals surface area contributed by atoms with Crippen molar-refractivity contribution < 1.29 is 0 Å². The third kappa shape index (κ3) is 4.22. The molecule has 1 aliphatic heterocycles. The molecule has 0 unspecified atom stereocenters. The zero-order chi connectivity index (χ0) is 23.9. The average molecular weight is 482 g/mol. The Bertz CT molecular complexity index is 1600. The number of aryl methyl sites for hydroxylation is 1. The summed E-state index contributed by atoms with van der Waals surface area (Å²) in [5, 5.41) is 4.37. The van der Waals surface area contributed by atoms with Crippen LogP contribution in [-0.2, 0) is 7.05 Å². The van der Waals surface area contributed by atoms with Crippen LogP contribution in [0.15, 0.2) is 71.1 Å². The van der Waals surface area contributed by atoms with Crippen molar-refractivity contribution >= 4 is 44.0 Å². The first kappa shape index (κ1) is 21.9. The molecule has 0 saturated carbocycles. The number of aromatic nitrogens is 3. The van der Waals surface area contributed by atoms with E-state index in [0.717, 1.165) is 51.3 Å². The Hall–Kier alpha value is -3.55. The molecule has 4 heterocycles. The number of hydrogen-bond acceptors (Lipinski definition) is 6. The molecule has 6 nitrogen and oxygen atoms in total. The molecule has 5 aromatic rings. The molecule has 2 aromatic carbocycles. The summed E-state index contributed by atoms with van der Waals surface area (Å²) >= 11 is 1.60. The van der Waals surface area contributed by atoms with Crippen molar-refractivity contribution in [3.05, 3.63) is 82.2 Å².